The first-order chi connectivity index (χ1) is 15.7. The molecule has 1 N–H and O–H groups in total. The Morgan fingerprint density at radius 1 is 1.30 bits per heavy atom. The van der Waals surface area contributed by atoms with Crippen LogP contribution in [0, 0.1) is 24.8 Å². The maximum absolute atomic E-state index is 13.7. The predicted molar refractivity (Wildman–Crippen MR) is 124 cm³/mol. The Balaban J connectivity index is 2.26. The van der Waals surface area contributed by atoms with E-state index >= 15 is 0 Å². The first kappa shape index (κ1) is 23.1. The minimum Gasteiger partial charge on any atom is -0.361 e. The number of pyridine rings is 1. The Hall–Kier alpha value is -4.56. The molecule has 0 saturated heterocycles. The molecule has 0 aliphatic carbocycles. The van der Waals surface area contributed by atoms with Crippen LogP contribution in [-0.2, 0) is 6.54 Å². The van der Waals surface area contributed by atoms with Crippen LogP contribution in [0.1, 0.15) is 58.1 Å². The van der Waals surface area contributed by atoms with Crippen LogP contribution in [0.4, 0.5) is 5.82 Å². The highest BCUT2D eigenvalue weighted by Crippen LogP contribution is 2.21. The lowest BCUT2D eigenvalue weighted by atomic mass is 9.95. The highest BCUT2D eigenvalue weighted by atomic mass is 16.2. The van der Waals surface area contributed by atoms with Crippen molar-refractivity contribution in [3.63, 3.8) is 0 Å². The largest absolute Gasteiger partial charge is 0.361 e. The molecule has 0 unspecified atom stereocenters. The van der Waals surface area contributed by atoms with Crippen molar-refractivity contribution in [1.82, 2.24) is 14.5 Å². The number of aromatic amines is 1. The summed E-state index contributed by atoms with van der Waals surface area (Å²) in [5.41, 5.74) is 1.21. The minimum atomic E-state index is -0.717. The number of aromatic nitrogens is 3. The van der Waals surface area contributed by atoms with E-state index in [9.17, 15) is 14.4 Å². The average Bonchev–Trinajstić information content (AvgIpc) is 2.78. The molecule has 0 saturated carbocycles. The Bertz CT molecular complexity index is 1460. The third-order valence-corrected chi connectivity index (χ3v) is 5.01. The molecule has 0 fully saturated rings. The van der Waals surface area contributed by atoms with Gasteiger partial charge in [-0.2, -0.15) is 5.26 Å². The van der Waals surface area contributed by atoms with Crippen LogP contribution >= 0.6 is 0 Å². The summed E-state index contributed by atoms with van der Waals surface area (Å²) >= 11 is 0. The molecule has 8 nitrogen and oxygen atoms in total. The molecule has 0 aliphatic rings. The molecule has 3 rings (SSSR count). The number of ketones is 1. The third kappa shape index (κ3) is 5.03. The van der Waals surface area contributed by atoms with Crippen LogP contribution in [0.3, 0.4) is 0 Å². The van der Waals surface area contributed by atoms with Gasteiger partial charge in [0, 0.05) is 17.2 Å². The molecule has 8 heteroatoms. The molecule has 0 atom stereocenters. The summed E-state index contributed by atoms with van der Waals surface area (Å²) in [6.45, 7) is 12.5. The first-order valence-electron chi connectivity index (χ1n) is 10.2. The molecule has 3 aromatic rings. The molecule has 33 heavy (non-hydrogen) atoms. The van der Waals surface area contributed by atoms with E-state index in [2.05, 4.69) is 14.8 Å². The lowest BCUT2D eigenvalue weighted by Crippen LogP contribution is -2.38. The van der Waals surface area contributed by atoms with E-state index in [4.69, 9.17) is 11.8 Å². The SMILES string of the molecule is [C-]#[N+]c1cc(Cn2c(C(=O)c3cc(C)cc(C=CC#N)c3)c(C(C)C)c(=O)[nH]c2=O)ccn1. The van der Waals surface area contributed by atoms with Crippen molar-refractivity contribution in [2.24, 2.45) is 0 Å². The second kappa shape index (κ2) is 9.71. The fourth-order valence-electron chi connectivity index (χ4n) is 3.63. The van der Waals surface area contributed by atoms with Gasteiger partial charge in [0.15, 0.2) is 0 Å². The van der Waals surface area contributed by atoms with Crippen molar-refractivity contribution in [2.45, 2.75) is 33.2 Å². The summed E-state index contributed by atoms with van der Waals surface area (Å²) < 4.78 is 1.23. The summed E-state index contributed by atoms with van der Waals surface area (Å²) in [6, 6.07) is 10.2. The second-order valence-electron chi connectivity index (χ2n) is 7.82. The highest BCUT2D eigenvalue weighted by molar-refractivity contribution is 6.09. The number of aryl methyl sites for hydroxylation is 1. The smallest absolute Gasteiger partial charge is 0.329 e. The number of nitriles is 1. The number of benzene rings is 1. The number of nitrogens with zero attached hydrogens (tertiary/aromatic N) is 4. The van der Waals surface area contributed by atoms with Gasteiger partial charge in [0.25, 0.3) is 11.4 Å². The van der Waals surface area contributed by atoms with E-state index in [1.54, 1.807) is 38.1 Å². The standard InChI is InChI=1S/C25H21N5O3/c1-15(2)21-22(23(31)19-11-16(3)10-17(12-19)6-5-8-26)30(25(33)29-24(21)32)14-18-7-9-28-20(13-18)27-4/h5-7,9-13,15H,14H2,1-3H3,(H,29,32,33). The summed E-state index contributed by atoms with van der Waals surface area (Å²) in [7, 11) is 0. The molecule has 0 bridgehead atoms. The highest BCUT2D eigenvalue weighted by Gasteiger charge is 2.25. The summed E-state index contributed by atoms with van der Waals surface area (Å²) in [4.78, 5) is 48.8. The minimum absolute atomic E-state index is 0.000683. The molecule has 0 amide bonds. The molecule has 0 aliphatic heterocycles. The summed E-state index contributed by atoms with van der Waals surface area (Å²) in [5.74, 6) is -0.648. The molecule has 0 radical (unpaired) electrons. The second-order valence-corrected chi connectivity index (χ2v) is 7.82. The molecule has 2 heterocycles. The normalized spacial score (nSPS) is 10.8. The molecule has 164 valence electrons. The van der Waals surface area contributed by atoms with Crippen LogP contribution in [0.25, 0.3) is 10.9 Å². The number of carbonyl (C=O) groups excluding carboxylic acids is 1. The fraction of sp³-hybridized carbons (Fsp3) is 0.200. The zero-order valence-corrected chi connectivity index (χ0v) is 18.4. The maximum atomic E-state index is 13.7. The van der Waals surface area contributed by atoms with Crippen LogP contribution in [0.2, 0.25) is 0 Å². The number of nitrogens with one attached hydrogen (secondary N) is 1. The van der Waals surface area contributed by atoms with Crippen LogP contribution in [0.5, 0.6) is 0 Å². The third-order valence-electron chi connectivity index (χ3n) is 5.01. The number of hydrogen-bond donors (Lipinski definition) is 1. The predicted octanol–water partition coefficient (Wildman–Crippen LogP) is 3.73. The van der Waals surface area contributed by atoms with Gasteiger partial charge in [-0.25, -0.2) is 4.79 Å². The molecule has 2 aromatic heterocycles. The Kier molecular flexibility index (Phi) is 6.80. The van der Waals surface area contributed by atoms with E-state index in [1.165, 1.54) is 22.9 Å². The van der Waals surface area contributed by atoms with Gasteiger partial charge < -0.3 is 4.85 Å². The molecule has 1 aromatic carbocycles. The summed E-state index contributed by atoms with van der Waals surface area (Å²) in [6.07, 6.45) is 4.35. The van der Waals surface area contributed by atoms with Crippen molar-refractivity contribution in [1.29, 1.82) is 5.26 Å². The van der Waals surface area contributed by atoms with Crippen LogP contribution in [-0.4, -0.2) is 20.3 Å². The van der Waals surface area contributed by atoms with Gasteiger partial charge in [-0.15, -0.1) is 4.98 Å². The van der Waals surface area contributed by atoms with E-state index < -0.39 is 17.0 Å². The summed E-state index contributed by atoms with van der Waals surface area (Å²) in [5, 5.41) is 8.82. The van der Waals surface area contributed by atoms with Crippen molar-refractivity contribution in [3.05, 3.63) is 108 Å². The van der Waals surface area contributed by atoms with Crippen molar-refractivity contribution in [2.75, 3.05) is 0 Å². The number of carbonyl (C=O) groups is 1. The zero-order valence-electron chi connectivity index (χ0n) is 18.4. The Labute approximate surface area is 190 Å². The van der Waals surface area contributed by atoms with Gasteiger partial charge in [0.1, 0.15) is 11.9 Å². The van der Waals surface area contributed by atoms with Crippen molar-refractivity contribution in [3.8, 4) is 6.07 Å². The Morgan fingerprint density at radius 3 is 2.73 bits per heavy atom. The van der Waals surface area contributed by atoms with Gasteiger partial charge in [0.05, 0.1) is 12.6 Å². The van der Waals surface area contributed by atoms with Crippen molar-refractivity contribution < 1.29 is 4.79 Å². The van der Waals surface area contributed by atoms with Crippen molar-refractivity contribution >= 4 is 17.7 Å². The van der Waals surface area contributed by atoms with Crippen LogP contribution < -0.4 is 11.2 Å². The number of H-pyrrole nitrogens is 1. The van der Waals surface area contributed by atoms with Gasteiger partial charge in [-0.05, 0) is 59.9 Å². The van der Waals surface area contributed by atoms with Gasteiger partial charge in [-0.1, -0.05) is 26.5 Å². The zero-order chi connectivity index (χ0) is 24.1. The molecular weight excluding hydrogens is 418 g/mol. The van der Waals surface area contributed by atoms with Gasteiger partial charge >= 0.3 is 5.69 Å². The number of allylic oxidation sites excluding steroid dienone is 1. The van der Waals surface area contributed by atoms with E-state index in [1.807, 2.05) is 19.1 Å². The van der Waals surface area contributed by atoms with Crippen LogP contribution in [0.15, 0.2) is 52.2 Å². The van der Waals surface area contributed by atoms with Gasteiger partial charge in [-0.3, -0.25) is 19.1 Å². The lowest BCUT2D eigenvalue weighted by molar-refractivity contribution is 0.102. The van der Waals surface area contributed by atoms with E-state index in [0.29, 0.717) is 16.7 Å². The average molecular weight is 439 g/mol. The van der Waals surface area contributed by atoms with E-state index in [0.717, 1.165) is 5.56 Å². The molecular formula is C25H21N5O3. The quantitative estimate of drug-likeness (QED) is 0.357. The topological polar surface area (TPSA) is 113 Å². The number of hydrogen-bond acceptors (Lipinski definition) is 5. The van der Waals surface area contributed by atoms with E-state index in [-0.39, 0.29) is 29.5 Å². The number of rotatable bonds is 6. The molecule has 0 spiro atoms. The van der Waals surface area contributed by atoms with Gasteiger partial charge in [0.2, 0.25) is 5.78 Å². The fourth-order valence-corrected chi connectivity index (χ4v) is 3.63. The lowest BCUT2D eigenvalue weighted by Gasteiger charge is -2.18. The monoisotopic (exact) mass is 439 g/mol. The first-order valence-corrected chi connectivity index (χ1v) is 10.2. The Morgan fingerprint density at radius 2 is 2.06 bits per heavy atom. The maximum Gasteiger partial charge on any atom is 0.329 e.